The highest BCUT2D eigenvalue weighted by Crippen LogP contribution is 2.28. The molecule has 0 unspecified atom stereocenters. The van der Waals surface area contributed by atoms with Gasteiger partial charge in [-0.3, -0.25) is 14.9 Å². The number of para-hydroxylation sites is 1. The Hall–Kier alpha value is -3.15. The maximum atomic E-state index is 12.0. The van der Waals surface area contributed by atoms with Gasteiger partial charge in [-0.1, -0.05) is 24.3 Å². The van der Waals surface area contributed by atoms with Crippen LogP contribution in [0.1, 0.15) is 15.9 Å². The summed E-state index contributed by atoms with van der Waals surface area (Å²) in [5.41, 5.74) is 0.470. The molecule has 0 spiro atoms. The van der Waals surface area contributed by atoms with Gasteiger partial charge in [0.1, 0.15) is 5.75 Å². The molecule has 0 bridgehead atoms. The summed E-state index contributed by atoms with van der Waals surface area (Å²) in [6.45, 7) is 0. The predicted octanol–water partition coefficient (Wildman–Crippen LogP) is 3.21. The van der Waals surface area contributed by atoms with Gasteiger partial charge in [0, 0.05) is 6.07 Å². The lowest BCUT2D eigenvalue weighted by Crippen LogP contribution is -1.95. The first-order chi connectivity index (χ1) is 10.5. The molecule has 2 aromatic carbocycles. The fourth-order valence-electron chi connectivity index (χ4n) is 1.90. The van der Waals surface area contributed by atoms with Crippen LogP contribution in [0.2, 0.25) is 0 Å². The Labute approximate surface area is 126 Å². The molecule has 0 amide bonds. The van der Waals surface area contributed by atoms with Crippen molar-refractivity contribution < 1.29 is 19.6 Å². The number of benzene rings is 2. The van der Waals surface area contributed by atoms with E-state index in [1.165, 1.54) is 43.5 Å². The topological polar surface area (TPSA) is 89.7 Å². The Morgan fingerprint density at radius 3 is 2.64 bits per heavy atom. The number of phenols is 1. The lowest BCUT2D eigenvalue weighted by molar-refractivity contribution is -0.385. The second kappa shape index (κ2) is 6.53. The van der Waals surface area contributed by atoms with Crippen LogP contribution in [0.15, 0.2) is 48.5 Å². The number of nitro groups is 1. The molecule has 0 atom stereocenters. The zero-order chi connectivity index (χ0) is 16.1. The molecule has 6 nitrogen and oxygen atoms in total. The zero-order valence-corrected chi connectivity index (χ0v) is 11.7. The first-order valence-electron chi connectivity index (χ1n) is 6.35. The van der Waals surface area contributed by atoms with E-state index in [4.69, 9.17) is 4.74 Å². The Balaban J connectivity index is 2.27. The summed E-state index contributed by atoms with van der Waals surface area (Å²) < 4.78 is 4.91. The molecule has 6 heteroatoms. The summed E-state index contributed by atoms with van der Waals surface area (Å²) in [5.74, 6) is -0.358. The van der Waals surface area contributed by atoms with Crippen LogP contribution in [0, 0.1) is 10.1 Å². The molecule has 22 heavy (non-hydrogen) atoms. The number of carbonyl (C=O) groups is 1. The maximum Gasteiger partial charge on any atom is 0.311 e. The monoisotopic (exact) mass is 299 g/mol. The van der Waals surface area contributed by atoms with E-state index in [0.717, 1.165) is 0 Å². The van der Waals surface area contributed by atoms with Crippen LogP contribution in [0.25, 0.3) is 6.08 Å². The predicted molar refractivity (Wildman–Crippen MR) is 81.1 cm³/mol. The molecule has 0 saturated heterocycles. The summed E-state index contributed by atoms with van der Waals surface area (Å²) in [6.07, 6.45) is 2.70. The molecule has 0 heterocycles. The molecule has 0 aliphatic heterocycles. The molecular weight excluding hydrogens is 286 g/mol. The van der Waals surface area contributed by atoms with Crippen molar-refractivity contribution in [3.8, 4) is 11.5 Å². The lowest BCUT2D eigenvalue weighted by atomic mass is 10.1. The molecule has 0 radical (unpaired) electrons. The third kappa shape index (κ3) is 3.29. The minimum absolute atomic E-state index is 0.113. The molecule has 0 aromatic heterocycles. The molecule has 112 valence electrons. The quantitative estimate of drug-likeness (QED) is 0.396. The van der Waals surface area contributed by atoms with Crippen molar-refractivity contribution in [3.63, 3.8) is 0 Å². The first kappa shape index (κ1) is 15.2. The molecule has 0 aliphatic rings. The number of allylic oxidation sites excluding steroid dienone is 1. The van der Waals surface area contributed by atoms with Gasteiger partial charge in [-0.25, -0.2) is 0 Å². The van der Waals surface area contributed by atoms with Crippen LogP contribution in [0.3, 0.4) is 0 Å². The van der Waals surface area contributed by atoms with Gasteiger partial charge in [0.05, 0.1) is 17.6 Å². The van der Waals surface area contributed by atoms with Gasteiger partial charge >= 0.3 is 5.69 Å². The van der Waals surface area contributed by atoms with Crippen LogP contribution < -0.4 is 4.74 Å². The number of ketones is 1. The number of hydrogen-bond donors (Lipinski definition) is 1. The summed E-state index contributed by atoms with van der Waals surface area (Å²) in [6, 6.07) is 10.5. The molecule has 0 fully saturated rings. The standard InChI is InChI=1S/C16H13NO5/c1-22-16-9-7-11(10-13(16)17(20)21)6-8-15(19)12-4-2-3-5-14(12)18/h2-10,18H,1H3/b8-6+. The largest absolute Gasteiger partial charge is 0.507 e. The number of carbonyl (C=O) groups excluding carboxylic acids is 1. The van der Waals surface area contributed by atoms with Crippen LogP contribution in [0.5, 0.6) is 11.5 Å². The second-order valence-corrected chi connectivity index (χ2v) is 4.40. The summed E-state index contributed by atoms with van der Waals surface area (Å²) in [7, 11) is 1.35. The van der Waals surface area contributed by atoms with Gasteiger partial charge in [-0.05, 0) is 29.8 Å². The average molecular weight is 299 g/mol. The highest BCUT2D eigenvalue weighted by molar-refractivity contribution is 6.08. The third-order valence-corrected chi connectivity index (χ3v) is 3.00. The average Bonchev–Trinajstić information content (AvgIpc) is 2.52. The zero-order valence-electron chi connectivity index (χ0n) is 11.7. The van der Waals surface area contributed by atoms with E-state index < -0.39 is 10.7 Å². The van der Waals surface area contributed by atoms with Gasteiger partial charge in [0.15, 0.2) is 11.5 Å². The van der Waals surface area contributed by atoms with Crippen LogP contribution in [0.4, 0.5) is 5.69 Å². The fourth-order valence-corrected chi connectivity index (χ4v) is 1.90. The van der Waals surface area contributed by atoms with E-state index in [2.05, 4.69) is 0 Å². The molecule has 2 rings (SSSR count). The Morgan fingerprint density at radius 1 is 1.27 bits per heavy atom. The molecule has 2 aromatic rings. The van der Waals surface area contributed by atoms with Crippen molar-refractivity contribution in [3.05, 3.63) is 69.8 Å². The highest BCUT2D eigenvalue weighted by Gasteiger charge is 2.14. The Kier molecular flexibility index (Phi) is 4.53. The van der Waals surface area contributed by atoms with Gasteiger partial charge in [0.25, 0.3) is 0 Å². The second-order valence-electron chi connectivity index (χ2n) is 4.40. The van der Waals surface area contributed by atoms with E-state index in [0.29, 0.717) is 5.56 Å². The van der Waals surface area contributed by atoms with Crippen LogP contribution in [-0.2, 0) is 0 Å². The molecule has 0 saturated carbocycles. The molecule has 0 aliphatic carbocycles. The molecular formula is C16H13NO5. The van der Waals surface area contributed by atoms with Crippen molar-refractivity contribution in [2.24, 2.45) is 0 Å². The number of methoxy groups -OCH3 is 1. The van der Waals surface area contributed by atoms with Gasteiger partial charge < -0.3 is 9.84 Å². The van der Waals surface area contributed by atoms with Crippen LogP contribution in [-0.4, -0.2) is 22.9 Å². The fraction of sp³-hybridized carbons (Fsp3) is 0.0625. The van der Waals surface area contributed by atoms with Crippen molar-refractivity contribution in [1.29, 1.82) is 0 Å². The third-order valence-electron chi connectivity index (χ3n) is 3.00. The summed E-state index contributed by atoms with van der Waals surface area (Å²) in [4.78, 5) is 22.4. The SMILES string of the molecule is COc1ccc(/C=C/C(=O)c2ccccc2O)cc1[N+](=O)[O-]. The smallest absolute Gasteiger partial charge is 0.311 e. The van der Waals surface area contributed by atoms with Crippen molar-refractivity contribution in [2.75, 3.05) is 7.11 Å². The van der Waals surface area contributed by atoms with Crippen LogP contribution >= 0.6 is 0 Å². The summed E-state index contributed by atoms with van der Waals surface area (Å²) >= 11 is 0. The lowest BCUT2D eigenvalue weighted by Gasteiger charge is -2.02. The summed E-state index contributed by atoms with van der Waals surface area (Å²) in [5, 5.41) is 20.5. The number of hydrogen-bond acceptors (Lipinski definition) is 5. The number of phenolic OH excluding ortho intramolecular Hbond substituents is 1. The minimum Gasteiger partial charge on any atom is -0.507 e. The van der Waals surface area contributed by atoms with E-state index >= 15 is 0 Å². The Bertz CT molecular complexity index is 752. The first-order valence-corrected chi connectivity index (χ1v) is 6.35. The normalized spacial score (nSPS) is 10.6. The maximum absolute atomic E-state index is 12.0. The van der Waals surface area contributed by atoms with Gasteiger partial charge in [-0.15, -0.1) is 0 Å². The highest BCUT2D eigenvalue weighted by atomic mass is 16.6. The number of ether oxygens (including phenoxy) is 1. The minimum atomic E-state index is -0.555. The molecule has 1 N–H and O–H groups in total. The van der Waals surface area contributed by atoms with E-state index in [1.807, 2.05) is 0 Å². The number of aromatic hydroxyl groups is 1. The van der Waals surface area contributed by atoms with E-state index in [9.17, 15) is 20.0 Å². The number of nitrogens with zero attached hydrogens (tertiary/aromatic N) is 1. The van der Waals surface area contributed by atoms with E-state index in [-0.39, 0.29) is 22.7 Å². The van der Waals surface area contributed by atoms with Crippen molar-refractivity contribution in [1.82, 2.24) is 0 Å². The van der Waals surface area contributed by atoms with E-state index in [1.54, 1.807) is 18.2 Å². The number of rotatable bonds is 5. The van der Waals surface area contributed by atoms with Gasteiger partial charge in [0.2, 0.25) is 0 Å². The van der Waals surface area contributed by atoms with Crippen molar-refractivity contribution in [2.45, 2.75) is 0 Å². The van der Waals surface area contributed by atoms with Crippen molar-refractivity contribution >= 4 is 17.5 Å². The number of nitro benzene ring substituents is 1. The Morgan fingerprint density at radius 2 is 2.00 bits per heavy atom. The van der Waals surface area contributed by atoms with Gasteiger partial charge in [-0.2, -0.15) is 0 Å².